The second kappa shape index (κ2) is 8.09. The molecule has 0 saturated carbocycles. The van der Waals surface area contributed by atoms with E-state index in [-0.39, 0.29) is 5.75 Å². The lowest BCUT2D eigenvalue weighted by Crippen LogP contribution is -2.06. The Kier molecular flexibility index (Phi) is 5.85. The van der Waals surface area contributed by atoms with Crippen molar-refractivity contribution in [3.05, 3.63) is 59.7 Å². The highest BCUT2D eigenvalue weighted by atomic mass is 32.2. The third kappa shape index (κ3) is 4.82. The first-order chi connectivity index (χ1) is 10.7. The van der Waals surface area contributed by atoms with E-state index in [1.165, 1.54) is 36.7 Å². The molecule has 0 aliphatic heterocycles. The number of hydrogen-bond acceptors (Lipinski definition) is 5. The average molecular weight is 315 g/mol. The molecule has 0 unspecified atom stereocenters. The van der Waals surface area contributed by atoms with Gasteiger partial charge in [0, 0.05) is 17.4 Å². The van der Waals surface area contributed by atoms with E-state index in [1.807, 2.05) is 30.3 Å². The molecule has 6 heteroatoms. The van der Waals surface area contributed by atoms with Crippen LogP contribution in [0.15, 0.2) is 58.7 Å². The first kappa shape index (κ1) is 15.9. The molecule has 5 nitrogen and oxygen atoms in total. The van der Waals surface area contributed by atoms with E-state index in [0.717, 1.165) is 5.75 Å². The summed E-state index contributed by atoms with van der Waals surface area (Å²) in [5, 5.41) is 17.9. The Balaban J connectivity index is 1.92. The fourth-order valence-corrected chi connectivity index (χ4v) is 2.28. The molecule has 22 heavy (non-hydrogen) atoms. The summed E-state index contributed by atoms with van der Waals surface area (Å²) in [7, 11) is 1.54. The standard InChI is InChI=1S/C16H17N3O2S/c1-21-14-8-7-13(15(20)9-14)10-18-19-16(17)22-11-12-5-3-2-4-6-12/h2-10,20H,11H2,1H3,(H2,17,19). The van der Waals surface area contributed by atoms with E-state index >= 15 is 0 Å². The van der Waals surface area contributed by atoms with Gasteiger partial charge in [-0.2, -0.15) is 5.10 Å². The Hall–Kier alpha value is -2.47. The third-order valence-corrected chi connectivity index (χ3v) is 3.68. The lowest BCUT2D eigenvalue weighted by molar-refractivity contribution is 0.407. The molecule has 2 aromatic carbocycles. The number of benzene rings is 2. The highest BCUT2D eigenvalue weighted by molar-refractivity contribution is 8.13. The van der Waals surface area contributed by atoms with Gasteiger partial charge in [-0.3, -0.25) is 0 Å². The Bertz CT molecular complexity index is 672. The number of hydrogen-bond donors (Lipinski definition) is 2. The number of phenolic OH excluding ortho intramolecular Hbond substituents is 1. The van der Waals surface area contributed by atoms with Gasteiger partial charge in [0.05, 0.1) is 13.3 Å². The summed E-state index contributed by atoms with van der Waals surface area (Å²) < 4.78 is 5.01. The zero-order valence-corrected chi connectivity index (χ0v) is 13.0. The Morgan fingerprint density at radius 1 is 1.27 bits per heavy atom. The van der Waals surface area contributed by atoms with Crippen LogP contribution in [0.4, 0.5) is 0 Å². The first-order valence-corrected chi connectivity index (χ1v) is 7.58. The van der Waals surface area contributed by atoms with Crippen LogP contribution in [0.3, 0.4) is 0 Å². The fraction of sp³-hybridized carbons (Fsp3) is 0.125. The quantitative estimate of drug-likeness (QED) is 0.505. The van der Waals surface area contributed by atoms with E-state index in [1.54, 1.807) is 12.1 Å². The lowest BCUT2D eigenvalue weighted by atomic mass is 10.2. The van der Waals surface area contributed by atoms with Crippen LogP contribution in [0.1, 0.15) is 11.1 Å². The molecule has 0 atom stereocenters. The molecule has 2 aromatic rings. The maximum absolute atomic E-state index is 9.78. The number of ether oxygens (including phenoxy) is 1. The molecule has 0 aromatic heterocycles. The van der Waals surface area contributed by atoms with Crippen LogP contribution in [-0.2, 0) is 5.75 Å². The average Bonchev–Trinajstić information content (AvgIpc) is 2.55. The van der Waals surface area contributed by atoms with Crippen molar-refractivity contribution in [2.75, 3.05) is 7.11 Å². The van der Waals surface area contributed by atoms with E-state index in [0.29, 0.717) is 16.5 Å². The largest absolute Gasteiger partial charge is 0.507 e. The third-order valence-electron chi connectivity index (χ3n) is 2.82. The summed E-state index contributed by atoms with van der Waals surface area (Å²) in [6.45, 7) is 0. The van der Waals surface area contributed by atoms with E-state index < -0.39 is 0 Å². The predicted molar refractivity (Wildman–Crippen MR) is 91.6 cm³/mol. The van der Waals surface area contributed by atoms with Gasteiger partial charge < -0.3 is 15.6 Å². The predicted octanol–water partition coefficient (Wildman–Crippen LogP) is 2.98. The minimum Gasteiger partial charge on any atom is -0.507 e. The molecule has 0 fully saturated rings. The van der Waals surface area contributed by atoms with E-state index in [9.17, 15) is 5.11 Å². The molecule has 114 valence electrons. The number of nitrogens with two attached hydrogens (primary N) is 1. The van der Waals surface area contributed by atoms with Crippen LogP contribution in [0.25, 0.3) is 0 Å². The molecule has 0 aliphatic carbocycles. The van der Waals surface area contributed by atoms with Gasteiger partial charge >= 0.3 is 0 Å². The van der Waals surface area contributed by atoms with Crippen molar-refractivity contribution in [1.82, 2.24) is 0 Å². The summed E-state index contributed by atoms with van der Waals surface area (Å²) in [5.41, 5.74) is 7.50. The van der Waals surface area contributed by atoms with Crippen LogP contribution in [0.5, 0.6) is 11.5 Å². The van der Waals surface area contributed by atoms with Crippen molar-refractivity contribution < 1.29 is 9.84 Å². The van der Waals surface area contributed by atoms with Gasteiger partial charge in [-0.1, -0.05) is 42.1 Å². The Morgan fingerprint density at radius 3 is 2.73 bits per heavy atom. The fourth-order valence-electron chi connectivity index (χ4n) is 1.67. The molecule has 0 amide bonds. The van der Waals surface area contributed by atoms with Crippen molar-refractivity contribution >= 4 is 23.1 Å². The van der Waals surface area contributed by atoms with Crippen LogP contribution in [0, 0.1) is 0 Å². The molecule has 0 aliphatic rings. The zero-order valence-electron chi connectivity index (χ0n) is 12.1. The number of amidine groups is 1. The maximum atomic E-state index is 9.78. The highest BCUT2D eigenvalue weighted by Gasteiger charge is 2.00. The number of thioether (sulfide) groups is 1. The van der Waals surface area contributed by atoms with Crippen molar-refractivity contribution in [3.63, 3.8) is 0 Å². The van der Waals surface area contributed by atoms with Gasteiger partial charge in [0.15, 0.2) is 5.17 Å². The summed E-state index contributed by atoms with van der Waals surface area (Å²) in [4.78, 5) is 0. The number of rotatable bonds is 5. The Morgan fingerprint density at radius 2 is 2.05 bits per heavy atom. The van der Waals surface area contributed by atoms with E-state index in [2.05, 4.69) is 10.2 Å². The normalized spacial score (nSPS) is 11.8. The molecular formula is C16H17N3O2S. The van der Waals surface area contributed by atoms with Crippen LogP contribution >= 0.6 is 11.8 Å². The van der Waals surface area contributed by atoms with Crippen LogP contribution in [0.2, 0.25) is 0 Å². The van der Waals surface area contributed by atoms with Crippen molar-refractivity contribution in [1.29, 1.82) is 0 Å². The second-order valence-electron chi connectivity index (χ2n) is 4.38. The summed E-state index contributed by atoms with van der Waals surface area (Å²) >= 11 is 1.41. The van der Waals surface area contributed by atoms with Gasteiger partial charge in [-0.15, -0.1) is 5.10 Å². The maximum Gasteiger partial charge on any atom is 0.180 e. The molecule has 0 saturated heterocycles. The van der Waals surface area contributed by atoms with Crippen LogP contribution in [-0.4, -0.2) is 23.6 Å². The van der Waals surface area contributed by atoms with Gasteiger partial charge in [-0.25, -0.2) is 0 Å². The smallest absolute Gasteiger partial charge is 0.180 e. The lowest BCUT2D eigenvalue weighted by Gasteiger charge is -2.02. The topological polar surface area (TPSA) is 80.2 Å². The Labute approximate surface area is 133 Å². The minimum absolute atomic E-state index is 0.0776. The number of methoxy groups -OCH3 is 1. The SMILES string of the molecule is COc1ccc(C=NN=C(N)SCc2ccccc2)c(O)c1. The van der Waals surface area contributed by atoms with Crippen LogP contribution < -0.4 is 10.5 Å². The van der Waals surface area contributed by atoms with Gasteiger partial charge in [0.1, 0.15) is 11.5 Å². The monoisotopic (exact) mass is 315 g/mol. The molecule has 2 rings (SSSR count). The van der Waals surface area contributed by atoms with E-state index in [4.69, 9.17) is 10.5 Å². The molecule has 0 spiro atoms. The first-order valence-electron chi connectivity index (χ1n) is 6.59. The molecular weight excluding hydrogens is 298 g/mol. The summed E-state index contributed by atoms with van der Waals surface area (Å²) in [5.74, 6) is 1.39. The number of nitrogens with zero attached hydrogens (tertiary/aromatic N) is 2. The summed E-state index contributed by atoms with van der Waals surface area (Å²) in [6.07, 6.45) is 1.45. The molecule has 0 heterocycles. The summed E-state index contributed by atoms with van der Waals surface area (Å²) in [6, 6.07) is 14.9. The molecule has 0 radical (unpaired) electrons. The van der Waals surface area contributed by atoms with Gasteiger partial charge in [0.2, 0.25) is 0 Å². The van der Waals surface area contributed by atoms with Crippen molar-refractivity contribution in [3.8, 4) is 11.5 Å². The van der Waals surface area contributed by atoms with Crippen molar-refractivity contribution in [2.45, 2.75) is 5.75 Å². The number of phenols is 1. The van der Waals surface area contributed by atoms with Gasteiger partial charge in [-0.05, 0) is 17.7 Å². The molecule has 3 N–H and O–H groups in total. The van der Waals surface area contributed by atoms with Gasteiger partial charge in [0.25, 0.3) is 0 Å². The highest BCUT2D eigenvalue weighted by Crippen LogP contribution is 2.21. The minimum atomic E-state index is 0.0776. The number of aromatic hydroxyl groups is 1. The van der Waals surface area contributed by atoms with Crippen molar-refractivity contribution in [2.24, 2.45) is 15.9 Å². The molecule has 0 bridgehead atoms. The zero-order chi connectivity index (χ0) is 15.8. The second-order valence-corrected chi connectivity index (χ2v) is 5.38.